The van der Waals surface area contributed by atoms with Crippen LogP contribution in [0.3, 0.4) is 0 Å². The number of esters is 1. The number of para-hydroxylation sites is 2. The summed E-state index contributed by atoms with van der Waals surface area (Å²) in [6, 6.07) is 14.7. The summed E-state index contributed by atoms with van der Waals surface area (Å²) in [5.41, 5.74) is 3.33. The Morgan fingerprint density at radius 1 is 1.08 bits per heavy atom. The molecule has 2 aliphatic rings. The molecule has 1 aliphatic carbocycles. The van der Waals surface area contributed by atoms with E-state index in [0.717, 1.165) is 17.1 Å². The number of carbonyl (C=O) groups is 2. The molecule has 8 heteroatoms. The lowest BCUT2D eigenvalue weighted by Gasteiger charge is -2.36. The third-order valence-electron chi connectivity index (χ3n) is 7.31. The van der Waals surface area contributed by atoms with Crippen LogP contribution in [0.1, 0.15) is 49.7 Å². The van der Waals surface area contributed by atoms with Crippen LogP contribution >= 0.6 is 11.8 Å². The van der Waals surface area contributed by atoms with Crippen molar-refractivity contribution in [1.82, 2.24) is 5.32 Å². The Hall–Kier alpha value is -3.78. The molecule has 1 N–H and O–H groups in total. The van der Waals surface area contributed by atoms with Crippen molar-refractivity contribution in [3.63, 3.8) is 0 Å². The largest absolute Gasteiger partial charge is 0.496 e. The number of Topliss-reactive ketones (excluding diaryl/α,β-unsaturated/α-hetero) is 1. The van der Waals surface area contributed by atoms with Crippen molar-refractivity contribution < 1.29 is 23.5 Å². The van der Waals surface area contributed by atoms with E-state index in [1.54, 1.807) is 50.1 Å². The number of hydrogen-bond donors (Lipinski definition) is 1. The predicted molar refractivity (Wildman–Crippen MR) is 152 cm³/mol. The lowest BCUT2D eigenvalue weighted by atomic mass is 9.71. The molecular formula is C31H31NO6S. The predicted octanol–water partition coefficient (Wildman–Crippen LogP) is 5.46. The third-order valence-corrected chi connectivity index (χ3v) is 8.17. The van der Waals surface area contributed by atoms with E-state index in [4.69, 9.17) is 13.9 Å². The Morgan fingerprint density at radius 3 is 2.64 bits per heavy atom. The normalized spacial score (nSPS) is 19.1. The van der Waals surface area contributed by atoms with Crippen molar-refractivity contribution in [2.24, 2.45) is 0 Å². The number of benzene rings is 2. The van der Waals surface area contributed by atoms with E-state index in [0.29, 0.717) is 40.1 Å². The lowest BCUT2D eigenvalue weighted by molar-refractivity contribution is -0.138. The standard InChI is InChI=1S/C31H31NO6S/c1-4-39-14-13-37-31(35)27-18(2)32-23-15-19(20-9-5-7-11-25(20)36-3)16-24(33)29(23)28(27)22-17-38-26-12-8-6-10-21(26)30(22)34/h5-12,17,19,28,32H,4,13-16H2,1-3H3/t19-,28+/m0/s1. The first-order valence-corrected chi connectivity index (χ1v) is 14.2. The van der Waals surface area contributed by atoms with Gasteiger partial charge in [-0.05, 0) is 42.9 Å². The second kappa shape index (κ2) is 11.5. The first kappa shape index (κ1) is 26.8. The van der Waals surface area contributed by atoms with E-state index < -0.39 is 11.9 Å². The average Bonchev–Trinajstić information content (AvgIpc) is 2.94. The molecule has 5 rings (SSSR count). The molecule has 0 bridgehead atoms. The minimum absolute atomic E-state index is 0.110. The van der Waals surface area contributed by atoms with Gasteiger partial charge in [-0.15, -0.1) is 0 Å². The second-order valence-corrected chi connectivity index (χ2v) is 11.0. The minimum atomic E-state index is -0.889. The highest BCUT2D eigenvalue weighted by Crippen LogP contribution is 2.46. The van der Waals surface area contributed by atoms with Crippen LogP contribution in [0.25, 0.3) is 11.0 Å². The van der Waals surface area contributed by atoms with Gasteiger partial charge in [-0.25, -0.2) is 4.79 Å². The van der Waals surface area contributed by atoms with Crippen molar-refractivity contribution >= 4 is 34.5 Å². The van der Waals surface area contributed by atoms with Gasteiger partial charge in [-0.3, -0.25) is 9.59 Å². The maximum atomic E-state index is 13.9. The topological polar surface area (TPSA) is 94.8 Å². The third kappa shape index (κ3) is 5.13. The summed E-state index contributed by atoms with van der Waals surface area (Å²) in [5.74, 6) is 0.638. The van der Waals surface area contributed by atoms with Crippen molar-refractivity contribution in [1.29, 1.82) is 0 Å². The summed E-state index contributed by atoms with van der Waals surface area (Å²) in [6.45, 7) is 4.07. The maximum Gasteiger partial charge on any atom is 0.336 e. The van der Waals surface area contributed by atoms with Crippen molar-refractivity contribution in [3.8, 4) is 5.75 Å². The molecule has 202 valence electrons. The minimum Gasteiger partial charge on any atom is -0.496 e. The number of nitrogens with one attached hydrogen (secondary N) is 1. The van der Waals surface area contributed by atoms with Gasteiger partial charge in [0.25, 0.3) is 0 Å². The Bertz CT molecular complexity index is 1550. The van der Waals surface area contributed by atoms with E-state index in [-0.39, 0.29) is 41.3 Å². The number of allylic oxidation sites excluding steroid dienone is 3. The van der Waals surface area contributed by atoms with Gasteiger partial charge in [0.15, 0.2) is 11.2 Å². The molecule has 0 fully saturated rings. The number of ketones is 1. The zero-order valence-electron chi connectivity index (χ0n) is 22.2. The van der Waals surface area contributed by atoms with Crippen molar-refractivity contribution in [2.45, 2.75) is 38.5 Å². The van der Waals surface area contributed by atoms with Crippen LogP contribution in [0.15, 0.2) is 86.5 Å². The van der Waals surface area contributed by atoms with Gasteiger partial charge in [0.2, 0.25) is 0 Å². The molecule has 2 heterocycles. The number of methoxy groups -OCH3 is 1. The smallest absolute Gasteiger partial charge is 0.336 e. The van der Waals surface area contributed by atoms with Gasteiger partial charge >= 0.3 is 5.97 Å². The van der Waals surface area contributed by atoms with Crippen LogP contribution < -0.4 is 15.5 Å². The lowest BCUT2D eigenvalue weighted by Crippen LogP contribution is -2.37. The van der Waals surface area contributed by atoms with Crippen LogP contribution in [0, 0.1) is 0 Å². The van der Waals surface area contributed by atoms with Crippen LogP contribution in [0.4, 0.5) is 0 Å². The second-order valence-electron chi connectivity index (χ2n) is 9.61. The fourth-order valence-electron chi connectivity index (χ4n) is 5.55. The monoisotopic (exact) mass is 545 g/mol. The molecule has 0 saturated heterocycles. The number of thioether (sulfide) groups is 1. The molecule has 2 aromatic carbocycles. The molecule has 0 amide bonds. The van der Waals surface area contributed by atoms with Crippen molar-refractivity contribution in [2.75, 3.05) is 25.2 Å². The molecule has 2 atom stereocenters. The first-order valence-electron chi connectivity index (χ1n) is 13.1. The number of hydrogen-bond acceptors (Lipinski definition) is 8. The fraction of sp³-hybridized carbons (Fsp3) is 0.323. The van der Waals surface area contributed by atoms with E-state index in [2.05, 4.69) is 5.32 Å². The Balaban J connectivity index is 1.61. The van der Waals surface area contributed by atoms with Crippen LogP contribution in [-0.2, 0) is 14.3 Å². The summed E-state index contributed by atoms with van der Waals surface area (Å²) in [7, 11) is 1.62. The molecule has 0 saturated carbocycles. The summed E-state index contributed by atoms with van der Waals surface area (Å²) in [6.07, 6.45) is 2.15. The Morgan fingerprint density at radius 2 is 1.85 bits per heavy atom. The first-order chi connectivity index (χ1) is 18.9. The number of fused-ring (bicyclic) bond motifs is 1. The fourth-order valence-corrected chi connectivity index (χ4v) is 6.04. The summed E-state index contributed by atoms with van der Waals surface area (Å²) in [5, 5.41) is 3.73. The van der Waals surface area contributed by atoms with E-state index in [1.165, 1.54) is 6.26 Å². The van der Waals surface area contributed by atoms with Crippen molar-refractivity contribution in [3.05, 3.63) is 98.7 Å². The Labute approximate surface area is 231 Å². The van der Waals surface area contributed by atoms with Gasteiger partial charge in [0.1, 0.15) is 17.9 Å². The maximum absolute atomic E-state index is 13.9. The number of carbonyl (C=O) groups excluding carboxylic acids is 2. The van der Waals surface area contributed by atoms with Crippen LogP contribution in [-0.4, -0.2) is 37.0 Å². The summed E-state index contributed by atoms with van der Waals surface area (Å²) in [4.78, 5) is 41.1. The number of rotatable bonds is 8. The average molecular weight is 546 g/mol. The van der Waals surface area contributed by atoms with Gasteiger partial charge in [0, 0.05) is 40.6 Å². The van der Waals surface area contributed by atoms with Gasteiger partial charge in [0.05, 0.1) is 30.3 Å². The zero-order valence-corrected chi connectivity index (χ0v) is 23.1. The molecule has 3 aromatic rings. The number of dihydropyridines is 1. The van der Waals surface area contributed by atoms with Gasteiger partial charge < -0.3 is 19.2 Å². The zero-order chi connectivity index (χ0) is 27.5. The molecule has 0 radical (unpaired) electrons. The van der Waals surface area contributed by atoms with E-state index in [1.807, 2.05) is 31.2 Å². The van der Waals surface area contributed by atoms with Crippen LogP contribution in [0.5, 0.6) is 5.75 Å². The SMILES string of the molecule is CCSCCOC(=O)C1=C(C)NC2=C(C(=O)C[C@@H](c3ccccc3OC)C2)[C@@H]1c1coc2ccccc2c1=O. The highest BCUT2D eigenvalue weighted by Gasteiger charge is 2.43. The van der Waals surface area contributed by atoms with Gasteiger partial charge in [-0.1, -0.05) is 37.3 Å². The van der Waals surface area contributed by atoms with E-state index >= 15 is 0 Å². The highest BCUT2D eigenvalue weighted by molar-refractivity contribution is 7.99. The molecule has 7 nitrogen and oxygen atoms in total. The molecule has 39 heavy (non-hydrogen) atoms. The molecule has 0 spiro atoms. The quantitative estimate of drug-likeness (QED) is 0.295. The summed E-state index contributed by atoms with van der Waals surface area (Å²) < 4.78 is 17.0. The van der Waals surface area contributed by atoms with Crippen LogP contribution in [0.2, 0.25) is 0 Å². The molecule has 1 aliphatic heterocycles. The molecule has 1 aromatic heterocycles. The molecule has 0 unspecified atom stereocenters. The molecular weight excluding hydrogens is 514 g/mol. The highest BCUT2D eigenvalue weighted by atomic mass is 32.2. The Kier molecular flexibility index (Phi) is 7.93. The van der Waals surface area contributed by atoms with E-state index in [9.17, 15) is 14.4 Å². The number of ether oxygens (including phenoxy) is 2. The summed E-state index contributed by atoms with van der Waals surface area (Å²) >= 11 is 1.67. The van der Waals surface area contributed by atoms with Gasteiger partial charge in [-0.2, -0.15) is 11.8 Å².